The lowest BCUT2D eigenvalue weighted by Gasteiger charge is -2.12. The van der Waals surface area contributed by atoms with Gasteiger partial charge >= 0.3 is 6.18 Å². The molecule has 1 N–H and O–H groups in total. The first-order valence-electron chi connectivity index (χ1n) is 7.17. The van der Waals surface area contributed by atoms with Gasteiger partial charge in [-0.2, -0.15) is 13.2 Å². The van der Waals surface area contributed by atoms with Gasteiger partial charge in [0.15, 0.2) is 0 Å². The monoisotopic (exact) mass is 337 g/mol. The van der Waals surface area contributed by atoms with E-state index in [1.54, 1.807) is 19.1 Å². The molecule has 0 aliphatic rings. The third-order valence-electron chi connectivity index (χ3n) is 3.39. The van der Waals surface area contributed by atoms with Crippen molar-refractivity contribution in [3.63, 3.8) is 0 Å². The van der Waals surface area contributed by atoms with E-state index in [1.807, 2.05) is 0 Å². The minimum atomic E-state index is -4.38. The van der Waals surface area contributed by atoms with Crippen molar-refractivity contribution in [2.24, 2.45) is 0 Å². The number of alkyl halides is 3. The molecule has 24 heavy (non-hydrogen) atoms. The fraction of sp³-hybridized carbons (Fsp3) is 0.167. The third-order valence-corrected chi connectivity index (χ3v) is 3.39. The summed E-state index contributed by atoms with van der Waals surface area (Å²) in [5.74, 6) is -0.758. The summed E-state index contributed by atoms with van der Waals surface area (Å²) < 4.78 is 50.2. The summed E-state index contributed by atoms with van der Waals surface area (Å²) in [5.41, 5.74) is 0.481. The van der Waals surface area contributed by atoms with E-state index in [0.717, 1.165) is 17.7 Å². The summed E-state index contributed by atoms with van der Waals surface area (Å²) >= 11 is 0. The Hall–Kier alpha value is -2.63. The van der Waals surface area contributed by atoms with Crippen LogP contribution >= 0.6 is 0 Å². The smallest absolute Gasteiger partial charge is 0.346 e. The molecule has 0 heterocycles. The molecule has 0 aliphatic carbocycles. The molecule has 0 aliphatic heterocycles. The van der Waals surface area contributed by atoms with Gasteiger partial charge in [0.25, 0.3) is 0 Å². The van der Waals surface area contributed by atoms with E-state index in [2.05, 4.69) is 5.32 Å². The number of carbonyl (C=O) groups is 1. The average Bonchev–Trinajstić information content (AvgIpc) is 2.53. The Morgan fingerprint density at radius 3 is 2.17 bits per heavy atom. The molecule has 2 aromatic rings. The molecule has 0 saturated carbocycles. The summed E-state index contributed by atoms with van der Waals surface area (Å²) in [6, 6.07) is 9.91. The van der Waals surface area contributed by atoms with Crippen molar-refractivity contribution in [1.82, 2.24) is 5.32 Å². The summed E-state index contributed by atoms with van der Waals surface area (Å²) in [7, 11) is 0. The van der Waals surface area contributed by atoms with Crippen molar-refractivity contribution < 1.29 is 22.4 Å². The van der Waals surface area contributed by atoms with Gasteiger partial charge in [-0.3, -0.25) is 4.79 Å². The van der Waals surface area contributed by atoms with E-state index in [1.165, 1.54) is 36.4 Å². The summed E-state index contributed by atoms with van der Waals surface area (Å²) in [6.45, 7) is 1.75. The Morgan fingerprint density at radius 2 is 1.62 bits per heavy atom. The maximum absolute atomic E-state index is 12.9. The molecule has 2 rings (SSSR count). The number of amides is 1. The Morgan fingerprint density at radius 1 is 1.04 bits per heavy atom. The minimum Gasteiger partial charge on any atom is -0.346 e. The summed E-state index contributed by atoms with van der Waals surface area (Å²) in [6.07, 6.45) is -1.72. The number of hydrogen-bond acceptors (Lipinski definition) is 1. The zero-order valence-corrected chi connectivity index (χ0v) is 12.8. The molecule has 126 valence electrons. The van der Waals surface area contributed by atoms with Gasteiger partial charge in [-0.05, 0) is 48.4 Å². The highest BCUT2D eigenvalue weighted by atomic mass is 19.4. The van der Waals surface area contributed by atoms with Crippen LogP contribution in [0, 0.1) is 5.82 Å². The van der Waals surface area contributed by atoms with Crippen LogP contribution < -0.4 is 5.32 Å². The highest BCUT2D eigenvalue weighted by molar-refractivity contribution is 5.91. The largest absolute Gasteiger partial charge is 0.416 e. The van der Waals surface area contributed by atoms with Gasteiger partial charge in [0, 0.05) is 6.08 Å². The van der Waals surface area contributed by atoms with E-state index in [-0.39, 0.29) is 11.9 Å². The van der Waals surface area contributed by atoms with Crippen LogP contribution in [0.5, 0.6) is 0 Å². The third kappa shape index (κ3) is 4.94. The van der Waals surface area contributed by atoms with Crippen LogP contribution in [0.25, 0.3) is 6.08 Å². The van der Waals surface area contributed by atoms with Crippen LogP contribution in [0.4, 0.5) is 17.6 Å². The molecular formula is C18H15F4NO. The molecule has 2 aromatic carbocycles. The van der Waals surface area contributed by atoms with Crippen LogP contribution in [-0.2, 0) is 11.0 Å². The first kappa shape index (κ1) is 17.7. The minimum absolute atomic E-state index is 0.324. The second-order valence-corrected chi connectivity index (χ2v) is 5.23. The molecule has 0 bridgehead atoms. The number of nitrogens with one attached hydrogen (secondary N) is 1. The van der Waals surface area contributed by atoms with Gasteiger partial charge < -0.3 is 5.32 Å². The van der Waals surface area contributed by atoms with Gasteiger partial charge in [-0.1, -0.05) is 24.3 Å². The molecule has 1 amide bonds. The second kappa shape index (κ2) is 7.29. The SMILES string of the molecule is CC(NC(=O)/C=C/c1ccc(C(F)(F)F)cc1)c1ccc(F)cc1. The molecule has 2 nitrogen and oxygen atoms in total. The average molecular weight is 337 g/mol. The predicted octanol–water partition coefficient (Wildman–Crippen LogP) is 4.74. The number of hydrogen-bond donors (Lipinski definition) is 1. The number of carbonyl (C=O) groups excluding carboxylic acids is 1. The van der Waals surface area contributed by atoms with E-state index < -0.39 is 17.6 Å². The van der Waals surface area contributed by atoms with Gasteiger partial charge in [-0.15, -0.1) is 0 Å². The highest BCUT2D eigenvalue weighted by Gasteiger charge is 2.29. The first-order valence-corrected chi connectivity index (χ1v) is 7.17. The van der Waals surface area contributed by atoms with E-state index in [0.29, 0.717) is 5.56 Å². The van der Waals surface area contributed by atoms with Crippen LogP contribution in [0.2, 0.25) is 0 Å². The van der Waals surface area contributed by atoms with Crippen molar-refractivity contribution in [2.75, 3.05) is 0 Å². The summed E-state index contributed by atoms with van der Waals surface area (Å²) in [4.78, 5) is 11.8. The Bertz CT molecular complexity index is 718. The fourth-order valence-corrected chi connectivity index (χ4v) is 2.05. The molecule has 0 radical (unpaired) electrons. The van der Waals surface area contributed by atoms with E-state index >= 15 is 0 Å². The molecule has 0 aromatic heterocycles. The Kier molecular flexibility index (Phi) is 5.39. The molecule has 6 heteroatoms. The number of rotatable bonds is 4. The fourth-order valence-electron chi connectivity index (χ4n) is 2.05. The van der Waals surface area contributed by atoms with Gasteiger partial charge in [0.2, 0.25) is 5.91 Å². The van der Waals surface area contributed by atoms with Crippen LogP contribution in [0.1, 0.15) is 29.7 Å². The lowest BCUT2D eigenvalue weighted by Crippen LogP contribution is -2.24. The van der Waals surface area contributed by atoms with Crippen molar-refractivity contribution in [1.29, 1.82) is 0 Å². The van der Waals surface area contributed by atoms with Crippen molar-refractivity contribution in [3.05, 3.63) is 77.1 Å². The maximum atomic E-state index is 12.9. The van der Waals surface area contributed by atoms with Crippen LogP contribution in [0.3, 0.4) is 0 Å². The molecule has 0 saturated heterocycles. The quantitative estimate of drug-likeness (QED) is 0.634. The van der Waals surface area contributed by atoms with Crippen molar-refractivity contribution in [2.45, 2.75) is 19.1 Å². The second-order valence-electron chi connectivity index (χ2n) is 5.23. The Balaban J connectivity index is 1.96. The van der Waals surface area contributed by atoms with E-state index in [4.69, 9.17) is 0 Å². The van der Waals surface area contributed by atoms with Crippen molar-refractivity contribution in [3.8, 4) is 0 Å². The molecule has 1 atom stereocenters. The lowest BCUT2D eigenvalue weighted by atomic mass is 10.1. The Labute approximate surface area is 136 Å². The summed E-state index contributed by atoms with van der Waals surface area (Å²) in [5, 5.41) is 2.69. The molecule has 0 fully saturated rings. The topological polar surface area (TPSA) is 29.1 Å². The molecule has 1 unspecified atom stereocenters. The van der Waals surface area contributed by atoms with Gasteiger partial charge in [0.05, 0.1) is 11.6 Å². The highest BCUT2D eigenvalue weighted by Crippen LogP contribution is 2.29. The van der Waals surface area contributed by atoms with Crippen LogP contribution in [-0.4, -0.2) is 5.91 Å². The lowest BCUT2D eigenvalue weighted by molar-refractivity contribution is -0.137. The number of halogens is 4. The standard InChI is InChI=1S/C18H15F4NO/c1-12(14-5-9-16(19)10-6-14)23-17(24)11-4-13-2-7-15(8-3-13)18(20,21)22/h2-12H,1H3,(H,23,24)/b11-4+. The zero-order valence-electron chi connectivity index (χ0n) is 12.8. The van der Waals surface area contributed by atoms with Gasteiger partial charge in [0.1, 0.15) is 5.82 Å². The normalized spacial score (nSPS) is 13.0. The maximum Gasteiger partial charge on any atom is 0.416 e. The molecular weight excluding hydrogens is 322 g/mol. The number of benzene rings is 2. The van der Waals surface area contributed by atoms with E-state index in [9.17, 15) is 22.4 Å². The first-order chi connectivity index (χ1) is 11.3. The van der Waals surface area contributed by atoms with Crippen molar-refractivity contribution >= 4 is 12.0 Å². The zero-order chi connectivity index (χ0) is 17.7. The predicted molar refractivity (Wildman–Crippen MR) is 83.4 cm³/mol. The van der Waals surface area contributed by atoms with Crippen LogP contribution in [0.15, 0.2) is 54.6 Å². The van der Waals surface area contributed by atoms with Gasteiger partial charge in [-0.25, -0.2) is 4.39 Å². The molecule has 0 spiro atoms.